The highest BCUT2D eigenvalue weighted by atomic mass is 32.2. The number of sulfone groups is 1. The summed E-state index contributed by atoms with van der Waals surface area (Å²) in [7, 11) is -3.64. The molecule has 22 heavy (non-hydrogen) atoms. The lowest BCUT2D eigenvalue weighted by Gasteiger charge is -2.25. The molecule has 114 valence electrons. The van der Waals surface area contributed by atoms with Crippen LogP contribution in [0.1, 0.15) is 24.3 Å². The average molecular weight is 314 g/mol. The van der Waals surface area contributed by atoms with Gasteiger partial charge in [-0.25, -0.2) is 8.42 Å². The molecule has 1 N–H and O–H groups in total. The van der Waals surface area contributed by atoms with E-state index in [1.54, 1.807) is 36.4 Å². The van der Waals surface area contributed by atoms with Gasteiger partial charge in [0, 0.05) is 5.92 Å². The van der Waals surface area contributed by atoms with Crippen molar-refractivity contribution in [2.75, 3.05) is 0 Å². The summed E-state index contributed by atoms with van der Waals surface area (Å²) >= 11 is 0. The Morgan fingerprint density at radius 2 is 1.45 bits per heavy atom. The van der Waals surface area contributed by atoms with Crippen molar-refractivity contribution >= 4 is 9.84 Å². The summed E-state index contributed by atoms with van der Waals surface area (Å²) < 4.78 is 25.5. The van der Waals surface area contributed by atoms with Gasteiger partial charge in [0.05, 0.1) is 15.9 Å². The highest BCUT2D eigenvalue weighted by Gasteiger charge is 2.31. The summed E-state index contributed by atoms with van der Waals surface area (Å²) in [5.74, 6) is 0.0260. The van der Waals surface area contributed by atoms with Crippen molar-refractivity contribution in [1.29, 1.82) is 0 Å². The van der Waals surface area contributed by atoms with Gasteiger partial charge in [0.15, 0.2) is 0 Å². The minimum absolute atomic E-state index is 0.0260. The van der Waals surface area contributed by atoms with Gasteiger partial charge in [0.1, 0.15) is 0 Å². The second kappa shape index (κ2) is 6.07. The molecule has 0 unspecified atom stereocenters. The van der Waals surface area contributed by atoms with Crippen LogP contribution in [0.5, 0.6) is 0 Å². The van der Waals surface area contributed by atoms with Crippen molar-refractivity contribution in [2.24, 2.45) is 0 Å². The Balaban J connectivity index is 2.02. The zero-order valence-corrected chi connectivity index (χ0v) is 12.9. The Kier molecular flexibility index (Phi) is 4.14. The first-order valence-corrected chi connectivity index (χ1v) is 8.82. The lowest BCUT2D eigenvalue weighted by molar-refractivity contribution is 0.195. The quantitative estimate of drug-likeness (QED) is 0.946. The van der Waals surface area contributed by atoms with E-state index >= 15 is 0 Å². The van der Waals surface area contributed by atoms with Gasteiger partial charge in [-0.05, 0) is 30.5 Å². The molecule has 1 aliphatic carbocycles. The number of allylic oxidation sites excluding steroid dienone is 1. The van der Waals surface area contributed by atoms with Crippen molar-refractivity contribution in [3.63, 3.8) is 0 Å². The van der Waals surface area contributed by atoms with Crippen LogP contribution in [0.25, 0.3) is 0 Å². The van der Waals surface area contributed by atoms with Crippen LogP contribution < -0.4 is 0 Å². The monoisotopic (exact) mass is 314 g/mol. The molecule has 0 aromatic heterocycles. The van der Waals surface area contributed by atoms with Crippen LogP contribution in [-0.2, 0) is 9.84 Å². The molecule has 2 aromatic rings. The summed E-state index contributed by atoms with van der Waals surface area (Å²) in [6.07, 6.45) is 1.99. The Bertz CT molecular complexity index is 764. The lowest BCUT2D eigenvalue weighted by atomic mass is 9.88. The van der Waals surface area contributed by atoms with Crippen LogP contribution in [0.2, 0.25) is 0 Å². The normalized spacial score (nSPS) is 22.1. The first-order chi connectivity index (χ1) is 10.6. The molecule has 0 saturated heterocycles. The van der Waals surface area contributed by atoms with Crippen LogP contribution in [0.15, 0.2) is 76.5 Å². The van der Waals surface area contributed by atoms with Crippen LogP contribution in [0, 0.1) is 0 Å². The number of hydrogen-bond acceptors (Lipinski definition) is 3. The largest absolute Gasteiger partial charge is 0.388 e. The van der Waals surface area contributed by atoms with E-state index in [4.69, 9.17) is 0 Å². The summed E-state index contributed by atoms with van der Waals surface area (Å²) in [5.41, 5.74) is 1.08. The second-order valence-corrected chi connectivity index (χ2v) is 7.45. The van der Waals surface area contributed by atoms with E-state index in [0.29, 0.717) is 6.42 Å². The van der Waals surface area contributed by atoms with Gasteiger partial charge in [-0.1, -0.05) is 54.6 Å². The maximum Gasteiger partial charge on any atom is 0.205 e. The van der Waals surface area contributed by atoms with E-state index in [2.05, 4.69) is 0 Å². The van der Waals surface area contributed by atoms with Gasteiger partial charge in [-0.3, -0.25) is 0 Å². The predicted octanol–water partition coefficient (Wildman–Crippen LogP) is 3.28. The third-order valence-electron chi connectivity index (χ3n) is 4.04. The van der Waals surface area contributed by atoms with Crippen LogP contribution in [0.3, 0.4) is 0 Å². The van der Waals surface area contributed by atoms with Crippen molar-refractivity contribution in [3.05, 3.63) is 77.2 Å². The van der Waals surface area contributed by atoms with E-state index in [-0.39, 0.29) is 15.7 Å². The Hall–Kier alpha value is -1.91. The fraction of sp³-hybridized carbons (Fsp3) is 0.222. The van der Waals surface area contributed by atoms with Crippen molar-refractivity contribution in [2.45, 2.75) is 29.8 Å². The standard InChI is InChI=1S/C18H18O3S/c19-17-12-11-15(14-7-3-1-4-8-14)13-18(17)22(20,21)16-9-5-2-6-10-16/h1-10,13,15,17,19H,11-12H2/t15-,17+/m1/s1. The first-order valence-electron chi connectivity index (χ1n) is 7.34. The fourth-order valence-corrected chi connectivity index (χ4v) is 4.45. The molecule has 0 aliphatic heterocycles. The number of hydrogen-bond donors (Lipinski definition) is 1. The van der Waals surface area contributed by atoms with Crippen molar-refractivity contribution < 1.29 is 13.5 Å². The number of rotatable bonds is 3. The number of benzene rings is 2. The maximum absolute atomic E-state index is 12.7. The van der Waals surface area contributed by atoms with Gasteiger partial charge in [0.25, 0.3) is 0 Å². The van der Waals surface area contributed by atoms with E-state index in [1.165, 1.54) is 0 Å². The zero-order valence-electron chi connectivity index (χ0n) is 12.1. The molecule has 0 amide bonds. The van der Waals surface area contributed by atoms with Crippen molar-refractivity contribution in [1.82, 2.24) is 0 Å². The van der Waals surface area contributed by atoms with Crippen LogP contribution in [-0.4, -0.2) is 19.6 Å². The molecule has 2 aromatic carbocycles. The van der Waals surface area contributed by atoms with Crippen LogP contribution >= 0.6 is 0 Å². The van der Waals surface area contributed by atoms with Gasteiger partial charge in [0.2, 0.25) is 9.84 Å². The van der Waals surface area contributed by atoms with Gasteiger partial charge in [-0.15, -0.1) is 0 Å². The third-order valence-corrected chi connectivity index (χ3v) is 5.96. The molecule has 3 rings (SSSR count). The molecule has 0 spiro atoms. The molecule has 4 heteroatoms. The summed E-state index contributed by atoms with van der Waals surface area (Å²) in [5, 5.41) is 10.2. The SMILES string of the molecule is O=S(=O)(C1=C[C@H](c2ccccc2)CC[C@@H]1O)c1ccccc1. The summed E-state index contributed by atoms with van der Waals surface area (Å²) in [6, 6.07) is 18.1. The third kappa shape index (κ3) is 2.85. The van der Waals surface area contributed by atoms with E-state index < -0.39 is 15.9 Å². The van der Waals surface area contributed by atoms with Crippen molar-refractivity contribution in [3.8, 4) is 0 Å². The molecule has 1 aliphatic rings. The number of aliphatic hydroxyl groups is 1. The average Bonchev–Trinajstić information content (AvgIpc) is 2.57. The second-order valence-electron chi connectivity index (χ2n) is 5.50. The van der Waals surface area contributed by atoms with Gasteiger partial charge in [-0.2, -0.15) is 0 Å². The van der Waals surface area contributed by atoms with E-state index in [0.717, 1.165) is 12.0 Å². The molecule has 0 saturated carbocycles. The highest BCUT2D eigenvalue weighted by Crippen LogP contribution is 2.35. The molecule has 2 atom stereocenters. The lowest BCUT2D eigenvalue weighted by Crippen LogP contribution is -2.24. The first kappa shape index (κ1) is 15.0. The minimum atomic E-state index is -3.64. The van der Waals surface area contributed by atoms with Gasteiger partial charge < -0.3 is 5.11 Å². The van der Waals surface area contributed by atoms with Gasteiger partial charge >= 0.3 is 0 Å². The molecule has 0 radical (unpaired) electrons. The molecule has 0 bridgehead atoms. The highest BCUT2D eigenvalue weighted by molar-refractivity contribution is 7.95. The molecular weight excluding hydrogens is 296 g/mol. The predicted molar refractivity (Wildman–Crippen MR) is 86.1 cm³/mol. The topological polar surface area (TPSA) is 54.4 Å². The zero-order chi connectivity index (χ0) is 15.6. The molecular formula is C18H18O3S. The Labute approximate surface area is 130 Å². The molecule has 0 heterocycles. The fourth-order valence-electron chi connectivity index (χ4n) is 2.84. The molecule has 3 nitrogen and oxygen atoms in total. The summed E-state index contributed by atoms with van der Waals surface area (Å²) in [4.78, 5) is 0.354. The maximum atomic E-state index is 12.7. The van der Waals surface area contributed by atoms with Crippen LogP contribution in [0.4, 0.5) is 0 Å². The van der Waals surface area contributed by atoms with E-state index in [9.17, 15) is 13.5 Å². The smallest absolute Gasteiger partial charge is 0.205 e. The van der Waals surface area contributed by atoms with E-state index in [1.807, 2.05) is 30.3 Å². The number of aliphatic hydroxyl groups excluding tert-OH is 1. The Morgan fingerprint density at radius 1 is 0.864 bits per heavy atom. The molecule has 0 fully saturated rings. The minimum Gasteiger partial charge on any atom is -0.388 e. The summed E-state index contributed by atoms with van der Waals surface area (Å²) in [6.45, 7) is 0. The Morgan fingerprint density at radius 3 is 2.09 bits per heavy atom.